The molecule has 0 aromatic rings. The average molecular weight is 226 g/mol. The molecule has 0 N–H and O–H groups in total. The molecular weight excluding hydrogens is 200 g/mol. The number of amides is 1. The molecule has 3 nitrogen and oxygen atoms in total. The molecule has 0 saturated carbocycles. The van der Waals surface area contributed by atoms with E-state index in [-0.39, 0.29) is 11.4 Å². The Hall–Kier alpha value is -0.570. The van der Waals surface area contributed by atoms with E-state index < -0.39 is 0 Å². The van der Waals surface area contributed by atoms with Crippen LogP contribution in [-0.4, -0.2) is 48.4 Å². The van der Waals surface area contributed by atoms with Gasteiger partial charge >= 0.3 is 0 Å². The highest BCUT2D eigenvalue weighted by Crippen LogP contribution is 2.34. The maximum absolute atomic E-state index is 12.2. The Balaban J connectivity index is 2.56. The zero-order valence-electron chi connectivity index (χ0n) is 11.8. The van der Waals surface area contributed by atoms with Crippen molar-refractivity contribution in [3.63, 3.8) is 0 Å². The monoisotopic (exact) mass is 226 g/mol. The molecule has 0 aliphatic carbocycles. The zero-order chi connectivity index (χ0) is 12.7. The molecule has 1 aliphatic rings. The maximum Gasteiger partial charge on any atom is 0.242 e. The summed E-state index contributed by atoms with van der Waals surface area (Å²) in [4.78, 5) is 16.2. The summed E-state index contributed by atoms with van der Waals surface area (Å²) in [6, 6.07) is 0. The predicted molar refractivity (Wildman–Crippen MR) is 67.3 cm³/mol. The van der Waals surface area contributed by atoms with Crippen molar-refractivity contribution in [1.29, 1.82) is 0 Å². The smallest absolute Gasteiger partial charge is 0.242 e. The molecule has 0 aromatic heterocycles. The Morgan fingerprint density at radius 3 is 1.88 bits per heavy atom. The predicted octanol–water partition coefficient (Wildman–Crippen LogP) is 1.83. The van der Waals surface area contributed by atoms with E-state index in [9.17, 15) is 4.79 Å². The molecule has 1 fully saturated rings. The van der Waals surface area contributed by atoms with Crippen LogP contribution in [0.1, 0.15) is 34.6 Å². The van der Waals surface area contributed by atoms with Crippen LogP contribution in [0.4, 0.5) is 0 Å². The van der Waals surface area contributed by atoms with E-state index in [0.717, 1.165) is 13.1 Å². The van der Waals surface area contributed by atoms with Gasteiger partial charge in [0, 0.05) is 13.1 Å². The third-order valence-corrected chi connectivity index (χ3v) is 4.03. The Kier molecular flexibility index (Phi) is 3.39. The van der Waals surface area contributed by atoms with Crippen LogP contribution in [0, 0.1) is 11.3 Å². The molecule has 0 radical (unpaired) electrons. The molecule has 1 heterocycles. The molecule has 1 aliphatic heterocycles. The van der Waals surface area contributed by atoms with Crippen LogP contribution in [0.3, 0.4) is 0 Å². The molecular formula is C13H26N2O. The summed E-state index contributed by atoms with van der Waals surface area (Å²) in [7, 11) is 3.91. The number of hydrogen-bond donors (Lipinski definition) is 0. The first-order valence-electron chi connectivity index (χ1n) is 6.03. The fraction of sp³-hybridized carbons (Fsp3) is 0.923. The summed E-state index contributed by atoms with van der Waals surface area (Å²) in [5, 5.41) is 0. The van der Waals surface area contributed by atoms with Crippen molar-refractivity contribution in [2.75, 3.05) is 27.2 Å². The second kappa shape index (κ2) is 4.02. The van der Waals surface area contributed by atoms with Gasteiger partial charge in [0.1, 0.15) is 0 Å². The van der Waals surface area contributed by atoms with Crippen molar-refractivity contribution in [3.05, 3.63) is 0 Å². The van der Waals surface area contributed by atoms with Crippen LogP contribution in [-0.2, 0) is 4.79 Å². The molecule has 94 valence electrons. The van der Waals surface area contributed by atoms with Crippen LogP contribution in [0.25, 0.3) is 0 Å². The van der Waals surface area contributed by atoms with E-state index >= 15 is 0 Å². The van der Waals surface area contributed by atoms with Gasteiger partial charge in [0.05, 0.1) is 5.54 Å². The van der Waals surface area contributed by atoms with Gasteiger partial charge in [-0.2, -0.15) is 0 Å². The number of carbonyl (C=O) groups is 1. The van der Waals surface area contributed by atoms with Crippen LogP contribution in [0.2, 0.25) is 0 Å². The van der Waals surface area contributed by atoms with Crippen molar-refractivity contribution >= 4 is 5.91 Å². The summed E-state index contributed by atoms with van der Waals surface area (Å²) >= 11 is 0. The van der Waals surface area contributed by atoms with Gasteiger partial charge < -0.3 is 4.90 Å². The summed E-state index contributed by atoms with van der Waals surface area (Å²) in [6.45, 7) is 12.5. The molecule has 0 atom stereocenters. The molecule has 1 amide bonds. The summed E-state index contributed by atoms with van der Waals surface area (Å²) < 4.78 is 0. The van der Waals surface area contributed by atoms with Gasteiger partial charge in [0.15, 0.2) is 0 Å². The highest BCUT2D eigenvalue weighted by Gasteiger charge is 2.43. The standard InChI is InChI=1S/C13H26N2O/c1-12(2,3)10-8-15(9-10)11(16)13(4,5)14(6)7/h10H,8-9H2,1-7H3. The number of carbonyl (C=O) groups excluding carboxylic acids is 1. The maximum atomic E-state index is 12.2. The van der Waals surface area contributed by atoms with Gasteiger partial charge in [-0.3, -0.25) is 9.69 Å². The van der Waals surface area contributed by atoms with E-state index in [4.69, 9.17) is 0 Å². The molecule has 1 rings (SSSR count). The van der Waals surface area contributed by atoms with Gasteiger partial charge in [-0.1, -0.05) is 20.8 Å². The Morgan fingerprint density at radius 2 is 1.56 bits per heavy atom. The number of likely N-dealkylation sites (tertiary alicyclic amines) is 1. The van der Waals surface area contributed by atoms with Crippen LogP contribution >= 0.6 is 0 Å². The lowest BCUT2D eigenvalue weighted by Crippen LogP contribution is -2.62. The minimum absolute atomic E-state index is 0.248. The molecule has 0 unspecified atom stereocenters. The number of hydrogen-bond acceptors (Lipinski definition) is 2. The molecule has 16 heavy (non-hydrogen) atoms. The molecule has 3 heteroatoms. The first kappa shape index (κ1) is 13.5. The van der Waals surface area contributed by atoms with Crippen molar-refractivity contribution in [3.8, 4) is 0 Å². The SMILES string of the molecule is CN(C)C(C)(C)C(=O)N1CC(C(C)(C)C)C1. The summed E-state index contributed by atoms with van der Waals surface area (Å²) in [5.74, 6) is 0.896. The third-order valence-electron chi connectivity index (χ3n) is 4.03. The lowest BCUT2D eigenvalue weighted by molar-refractivity contribution is -0.150. The average Bonchev–Trinajstić information content (AvgIpc) is 1.97. The third kappa shape index (κ3) is 2.40. The summed E-state index contributed by atoms with van der Waals surface area (Å²) in [6.07, 6.45) is 0. The van der Waals surface area contributed by atoms with Crippen molar-refractivity contribution < 1.29 is 4.79 Å². The fourth-order valence-electron chi connectivity index (χ4n) is 1.77. The Labute approximate surface area is 99.8 Å². The molecule has 1 saturated heterocycles. The number of nitrogens with zero attached hydrogens (tertiary/aromatic N) is 2. The second-order valence-corrected chi connectivity index (χ2v) is 6.73. The van der Waals surface area contributed by atoms with Crippen molar-refractivity contribution in [1.82, 2.24) is 9.80 Å². The van der Waals surface area contributed by atoms with Gasteiger partial charge in [0.2, 0.25) is 5.91 Å². The molecule has 0 spiro atoms. The van der Waals surface area contributed by atoms with Crippen LogP contribution in [0.15, 0.2) is 0 Å². The van der Waals surface area contributed by atoms with E-state index in [1.54, 1.807) is 0 Å². The van der Waals surface area contributed by atoms with E-state index in [2.05, 4.69) is 20.8 Å². The van der Waals surface area contributed by atoms with Crippen molar-refractivity contribution in [2.45, 2.75) is 40.2 Å². The van der Waals surface area contributed by atoms with Crippen LogP contribution < -0.4 is 0 Å². The molecule has 0 bridgehead atoms. The number of likely N-dealkylation sites (N-methyl/N-ethyl adjacent to an activating group) is 1. The van der Waals surface area contributed by atoms with Gasteiger partial charge in [0.25, 0.3) is 0 Å². The normalized spacial score (nSPS) is 18.9. The van der Waals surface area contributed by atoms with E-state index in [0.29, 0.717) is 11.3 Å². The lowest BCUT2D eigenvalue weighted by atomic mass is 9.75. The highest BCUT2D eigenvalue weighted by molar-refractivity contribution is 5.86. The van der Waals surface area contributed by atoms with Crippen LogP contribution in [0.5, 0.6) is 0 Å². The second-order valence-electron chi connectivity index (χ2n) is 6.73. The summed E-state index contributed by atoms with van der Waals surface area (Å²) in [5.41, 5.74) is -0.0676. The zero-order valence-corrected chi connectivity index (χ0v) is 11.8. The first-order valence-corrected chi connectivity index (χ1v) is 6.03. The van der Waals surface area contributed by atoms with Gasteiger partial charge in [-0.25, -0.2) is 0 Å². The van der Waals surface area contributed by atoms with Gasteiger partial charge in [-0.15, -0.1) is 0 Å². The minimum atomic E-state index is -0.386. The van der Waals surface area contributed by atoms with Gasteiger partial charge in [-0.05, 0) is 39.3 Å². The first-order chi connectivity index (χ1) is 7.06. The van der Waals surface area contributed by atoms with E-state index in [1.165, 1.54) is 0 Å². The minimum Gasteiger partial charge on any atom is -0.340 e. The molecule has 0 aromatic carbocycles. The van der Waals surface area contributed by atoms with E-state index in [1.807, 2.05) is 37.7 Å². The fourth-order valence-corrected chi connectivity index (χ4v) is 1.77. The Bertz CT molecular complexity index is 270. The quantitative estimate of drug-likeness (QED) is 0.717. The van der Waals surface area contributed by atoms with Crippen molar-refractivity contribution in [2.24, 2.45) is 11.3 Å². The topological polar surface area (TPSA) is 23.6 Å². The number of rotatable bonds is 2. The largest absolute Gasteiger partial charge is 0.340 e. The lowest BCUT2D eigenvalue weighted by Gasteiger charge is -2.49. The Morgan fingerprint density at radius 1 is 1.12 bits per heavy atom. The highest BCUT2D eigenvalue weighted by atomic mass is 16.2.